The third-order valence-corrected chi connectivity index (χ3v) is 3.80. The summed E-state index contributed by atoms with van der Waals surface area (Å²) in [5, 5.41) is 9.97. The highest BCUT2D eigenvalue weighted by molar-refractivity contribution is 5.89. The highest BCUT2D eigenvalue weighted by Crippen LogP contribution is 2.10. The number of benzene rings is 1. The van der Waals surface area contributed by atoms with E-state index >= 15 is 0 Å². The Balaban J connectivity index is 1.41. The van der Waals surface area contributed by atoms with Crippen molar-refractivity contribution in [3.8, 4) is 0 Å². The van der Waals surface area contributed by atoms with Gasteiger partial charge in [-0.2, -0.15) is 5.10 Å². The van der Waals surface area contributed by atoms with E-state index in [1.807, 2.05) is 35.0 Å². The van der Waals surface area contributed by atoms with Crippen LogP contribution in [0.4, 0.5) is 5.82 Å². The number of anilines is 1. The van der Waals surface area contributed by atoms with Crippen molar-refractivity contribution in [3.05, 3.63) is 66.4 Å². The number of nitrogens with zero attached hydrogens (tertiary/aromatic N) is 3. The quantitative estimate of drug-likeness (QED) is 0.669. The summed E-state index contributed by atoms with van der Waals surface area (Å²) >= 11 is 0. The van der Waals surface area contributed by atoms with Gasteiger partial charge in [-0.3, -0.25) is 9.89 Å². The van der Waals surface area contributed by atoms with Gasteiger partial charge in [-0.1, -0.05) is 30.3 Å². The molecule has 1 amide bonds. The average molecular weight is 323 g/mol. The number of H-pyrrole nitrogens is 1. The highest BCUT2D eigenvalue weighted by atomic mass is 16.1. The first-order valence-corrected chi connectivity index (χ1v) is 8.13. The van der Waals surface area contributed by atoms with Gasteiger partial charge in [0.2, 0.25) is 5.91 Å². The molecule has 0 unspecified atom stereocenters. The van der Waals surface area contributed by atoms with Crippen LogP contribution in [0, 0.1) is 0 Å². The van der Waals surface area contributed by atoms with Crippen LogP contribution in [0.3, 0.4) is 0 Å². The lowest BCUT2D eigenvalue weighted by Crippen LogP contribution is -2.12. The summed E-state index contributed by atoms with van der Waals surface area (Å²) in [5.74, 6) is 0.571. The van der Waals surface area contributed by atoms with Gasteiger partial charge in [-0.15, -0.1) is 0 Å². The van der Waals surface area contributed by atoms with Crippen LogP contribution in [0.5, 0.6) is 0 Å². The molecule has 0 atom stereocenters. The minimum Gasteiger partial charge on any atom is -0.337 e. The van der Waals surface area contributed by atoms with Gasteiger partial charge >= 0.3 is 0 Å². The van der Waals surface area contributed by atoms with Gasteiger partial charge in [0, 0.05) is 37.1 Å². The number of aromatic amines is 1. The zero-order valence-corrected chi connectivity index (χ0v) is 13.5. The van der Waals surface area contributed by atoms with Gasteiger partial charge in [-0.25, -0.2) is 4.98 Å². The molecule has 0 fully saturated rings. The first-order chi connectivity index (χ1) is 11.8. The third-order valence-electron chi connectivity index (χ3n) is 3.80. The lowest BCUT2D eigenvalue weighted by Gasteiger charge is -2.02. The van der Waals surface area contributed by atoms with Gasteiger partial charge in [0.25, 0.3) is 0 Å². The summed E-state index contributed by atoms with van der Waals surface area (Å²) in [7, 11) is 0. The van der Waals surface area contributed by atoms with Crippen LogP contribution in [0.2, 0.25) is 0 Å². The number of carbonyl (C=O) groups is 1. The van der Waals surface area contributed by atoms with Gasteiger partial charge in [0.1, 0.15) is 0 Å². The maximum atomic E-state index is 11.9. The normalized spacial score (nSPS) is 10.7. The molecule has 0 aliphatic carbocycles. The number of hydrogen-bond acceptors (Lipinski definition) is 3. The zero-order valence-electron chi connectivity index (χ0n) is 13.5. The summed E-state index contributed by atoms with van der Waals surface area (Å²) in [6.07, 6.45) is 8.43. The molecule has 2 aromatic heterocycles. The molecule has 0 spiro atoms. The first-order valence-electron chi connectivity index (χ1n) is 8.13. The predicted octanol–water partition coefficient (Wildman–Crippen LogP) is 2.81. The second-order valence-electron chi connectivity index (χ2n) is 5.72. The Morgan fingerprint density at radius 2 is 2.08 bits per heavy atom. The topological polar surface area (TPSA) is 75.6 Å². The van der Waals surface area contributed by atoms with E-state index in [2.05, 4.69) is 32.6 Å². The molecule has 0 aliphatic rings. The molecule has 0 aliphatic heterocycles. The minimum atomic E-state index is -0.0174. The van der Waals surface area contributed by atoms with Crippen LogP contribution in [0.15, 0.2) is 55.1 Å². The van der Waals surface area contributed by atoms with Crippen LogP contribution in [0.1, 0.15) is 24.1 Å². The highest BCUT2D eigenvalue weighted by Gasteiger charge is 2.06. The number of nitrogens with one attached hydrogen (secondary N) is 2. The number of amides is 1. The van der Waals surface area contributed by atoms with E-state index in [1.165, 1.54) is 5.56 Å². The van der Waals surface area contributed by atoms with Crippen molar-refractivity contribution in [2.24, 2.45) is 0 Å². The van der Waals surface area contributed by atoms with Crippen molar-refractivity contribution in [1.82, 2.24) is 19.7 Å². The van der Waals surface area contributed by atoms with E-state index in [9.17, 15) is 4.79 Å². The first kappa shape index (κ1) is 16.0. The third kappa shape index (κ3) is 4.81. The van der Waals surface area contributed by atoms with Crippen LogP contribution in [-0.4, -0.2) is 25.7 Å². The molecule has 0 radical (unpaired) electrons. The smallest absolute Gasteiger partial charge is 0.225 e. The second-order valence-corrected chi connectivity index (χ2v) is 5.72. The van der Waals surface area contributed by atoms with Crippen LogP contribution < -0.4 is 5.32 Å². The van der Waals surface area contributed by atoms with Crippen molar-refractivity contribution in [3.63, 3.8) is 0 Å². The Morgan fingerprint density at radius 1 is 1.21 bits per heavy atom. The van der Waals surface area contributed by atoms with Gasteiger partial charge in [-0.05, 0) is 24.8 Å². The van der Waals surface area contributed by atoms with Crippen LogP contribution >= 0.6 is 0 Å². The molecule has 2 N–H and O–H groups in total. The summed E-state index contributed by atoms with van der Waals surface area (Å²) in [6.45, 7) is 0.788. The molecule has 6 heteroatoms. The number of imidazole rings is 1. The molecule has 3 rings (SSSR count). The van der Waals surface area contributed by atoms with Gasteiger partial charge in [0.15, 0.2) is 5.82 Å². The zero-order chi connectivity index (χ0) is 16.6. The Bertz CT molecular complexity index is 749. The predicted molar refractivity (Wildman–Crippen MR) is 92.5 cm³/mol. The number of hydrogen-bond donors (Lipinski definition) is 2. The number of rotatable bonds is 8. The van der Waals surface area contributed by atoms with E-state index < -0.39 is 0 Å². The summed E-state index contributed by atoms with van der Waals surface area (Å²) in [4.78, 5) is 15.9. The Labute approximate surface area is 140 Å². The number of carbonyl (C=O) groups excluding carboxylic acids is 1. The Morgan fingerprint density at radius 3 is 2.88 bits per heavy atom. The van der Waals surface area contributed by atoms with E-state index in [4.69, 9.17) is 0 Å². The largest absolute Gasteiger partial charge is 0.337 e. The molecule has 24 heavy (non-hydrogen) atoms. The Kier molecular flexibility index (Phi) is 5.40. The van der Waals surface area contributed by atoms with E-state index in [-0.39, 0.29) is 5.91 Å². The van der Waals surface area contributed by atoms with Crippen molar-refractivity contribution in [2.45, 2.75) is 32.2 Å². The van der Waals surface area contributed by atoms with Gasteiger partial charge < -0.3 is 9.88 Å². The molecule has 3 aromatic rings. The molecule has 0 bridgehead atoms. The fourth-order valence-corrected chi connectivity index (χ4v) is 2.52. The Hall–Kier alpha value is -2.89. The minimum absolute atomic E-state index is 0.0174. The maximum absolute atomic E-state index is 11.9. The monoisotopic (exact) mass is 323 g/mol. The van der Waals surface area contributed by atoms with E-state index in [0.29, 0.717) is 12.2 Å². The summed E-state index contributed by atoms with van der Waals surface area (Å²) < 4.78 is 1.96. The fourth-order valence-electron chi connectivity index (χ4n) is 2.52. The van der Waals surface area contributed by atoms with Crippen molar-refractivity contribution in [2.75, 3.05) is 5.32 Å². The molecule has 124 valence electrons. The summed E-state index contributed by atoms with van der Waals surface area (Å²) in [6, 6.07) is 12.2. The van der Waals surface area contributed by atoms with E-state index in [1.54, 1.807) is 12.5 Å². The lowest BCUT2D eigenvalue weighted by molar-refractivity contribution is -0.116. The fraction of sp³-hybridized carbons (Fsp3) is 0.278. The molecule has 2 heterocycles. The summed E-state index contributed by atoms with van der Waals surface area (Å²) in [5.41, 5.74) is 2.31. The standard InChI is InChI=1S/C18H21N5O/c24-18(7-4-11-23-12-10-19-14-23)20-17-13-16(21-22-17)9-8-15-5-2-1-3-6-15/h1-3,5-6,10,12-14H,4,7-9,11H2,(H2,20,21,22,24). The van der Waals surface area contributed by atoms with Crippen molar-refractivity contribution in [1.29, 1.82) is 0 Å². The van der Waals surface area contributed by atoms with Crippen molar-refractivity contribution < 1.29 is 4.79 Å². The molecule has 1 aromatic carbocycles. The number of aromatic nitrogens is 4. The van der Waals surface area contributed by atoms with Gasteiger partial charge in [0.05, 0.1) is 6.33 Å². The average Bonchev–Trinajstić information content (AvgIpc) is 3.26. The van der Waals surface area contributed by atoms with Crippen molar-refractivity contribution >= 4 is 11.7 Å². The number of aryl methyl sites for hydroxylation is 3. The molecule has 0 saturated carbocycles. The SMILES string of the molecule is O=C(CCCn1ccnc1)Nc1cc(CCc2ccccc2)[nH]n1. The second kappa shape index (κ2) is 8.10. The maximum Gasteiger partial charge on any atom is 0.225 e. The molecular weight excluding hydrogens is 302 g/mol. The molecular formula is C18H21N5O. The van der Waals surface area contributed by atoms with Crippen LogP contribution in [-0.2, 0) is 24.2 Å². The lowest BCUT2D eigenvalue weighted by atomic mass is 10.1. The van der Waals surface area contributed by atoms with Crippen LogP contribution in [0.25, 0.3) is 0 Å². The van der Waals surface area contributed by atoms with E-state index in [0.717, 1.165) is 31.5 Å². The molecule has 0 saturated heterocycles. The molecule has 6 nitrogen and oxygen atoms in total.